The van der Waals surface area contributed by atoms with Crippen molar-refractivity contribution in [2.75, 3.05) is 4.90 Å². The molecule has 6 nitrogen and oxygen atoms in total. The van der Waals surface area contributed by atoms with E-state index in [-0.39, 0.29) is 40.2 Å². The van der Waals surface area contributed by atoms with Gasteiger partial charge in [-0.15, -0.1) is 11.3 Å². The molecule has 1 aromatic heterocycles. The number of thiophene rings is 1. The van der Waals surface area contributed by atoms with Crippen LogP contribution in [0.25, 0.3) is 0 Å². The molecule has 1 heterocycles. The number of aromatic carboxylic acids is 1. The predicted molar refractivity (Wildman–Crippen MR) is 152 cm³/mol. The van der Waals surface area contributed by atoms with Crippen molar-refractivity contribution in [2.45, 2.75) is 118 Å². The Morgan fingerprint density at radius 1 is 1.11 bits per heavy atom. The summed E-state index contributed by atoms with van der Waals surface area (Å²) in [4.78, 5) is 41.3. The molecule has 2 saturated carbocycles. The first-order valence-corrected chi connectivity index (χ1v) is 15.1. The molecular weight excluding hydrogens is 498 g/mol. The van der Waals surface area contributed by atoms with Crippen LogP contribution in [-0.2, 0) is 14.3 Å². The summed E-state index contributed by atoms with van der Waals surface area (Å²) >= 11 is 1.15. The molecule has 7 heteroatoms. The molecule has 2 aliphatic rings. The van der Waals surface area contributed by atoms with E-state index in [4.69, 9.17) is 4.74 Å². The second kappa shape index (κ2) is 13.2. The minimum absolute atomic E-state index is 0.0322. The number of rotatable bonds is 8. The Kier molecular flexibility index (Phi) is 10.5. The Labute approximate surface area is 232 Å². The third-order valence-corrected chi connectivity index (χ3v) is 8.88. The van der Waals surface area contributed by atoms with Crippen LogP contribution in [0.3, 0.4) is 0 Å². The fraction of sp³-hybridized carbons (Fsp3) is 0.710. The highest BCUT2D eigenvalue weighted by Gasteiger charge is 2.38. The maximum atomic E-state index is 14.0. The number of nitrogens with zero attached hydrogens (tertiary/aromatic N) is 1. The third kappa shape index (κ3) is 8.33. The van der Waals surface area contributed by atoms with Gasteiger partial charge in [-0.05, 0) is 90.0 Å². The Morgan fingerprint density at radius 3 is 2.29 bits per heavy atom. The van der Waals surface area contributed by atoms with E-state index in [1.54, 1.807) is 11.0 Å². The van der Waals surface area contributed by atoms with Gasteiger partial charge in [0.1, 0.15) is 11.0 Å². The number of carboxylic acids is 1. The van der Waals surface area contributed by atoms with E-state index in [9.17, 15) is 19.5 Å². The van der Waals surface area contributed by atoms with Crippen LogP contribution in [0.4, 0.5) is 5.69 Å². The second-order valence-electron chi connectivity index (χ2n) is 12.4. The minimum Gasteiger partial charge on any atom is -0.477 e. The maximum Gasteiger partial charge on any atom is 0.348 e. The molecule has 210 valence electrons. The number of carbonyl (C=O) groups is 3. The highest BCUT2D eigenvalue weighted by atomic mass is 32.1. The van der Waals surface area contributed by atoms with E-state index in [2.05, 4.69) is 32.6 Å². The van der Waals surface area contributed by atoms with Crippen LogP contribution in [0.1, 0.15) is 120 Å². The Bertz CT molecular complexity index is 1040. The smallest absolute Gasteiger partial charge is 0.348 e. The zero-order chi connectivity index (χ0) is 28.0. The fourth-order valence-corrected chi connectivity index (χ4v) is 6.15. The monoisotopic (exact) mass is 543 g/mol. The Balaban J connectivity index is 1.86. The van der Waals surface area contributed by atoms with Crippen molar-refractivity contribution < 1.29 is 24.2 Å². The molecule has 2 aliphatic carbocycles. The molecule has 1 atom stereocenters. The van der Waals surface area contributed by atoms with Gasteiger partial charge in [-0.25, -0.2) is 4.79 Å². The number of hydrogen-bond acceptors (Lipinski definition) is 5. The summed E-state index contributed by atoms with van der Waals surface area (Å²) in [6.45, 7) is 12.4. The highest BCUT2D eigenvalue weighted by molar-refractivity contribution is 7.15. The molecule has 1 amide bonds. The third-order valence-electron chi connectivity index (χ3n) is 7.85. The molecule has 1 N–H and O–H groups in total. The standard InChI is InChI=1S/C31H45NO5S/c1-7-20(2)18-27(33)37-24-14-12-23(13-15-24)32(29(34)22-10-8-21(3)9-11-22)26-19-25(16-17-31(4,5)6)38-28(26)30(35)36/h19-24H,7-15,18H2,1-6H3,(H,35,36)/t20-,21?,22?,23?,24?/m0/s1. The summed E-state index contributed by atoms with van der Waals surface area (Å²) in [5, 5.41) is 10.1. The van der Waals surface area contributed by atoms with Gasteiger partial charge >= 0.3 is 11.9 Å². The first-order chi connectivity index (χ1) is 17.9. The van der Waals surface area contributed by atoms with Crippen molar-refractivity contribution >= 4 is 34.9 Å². The summed E-state index contributed by atoms with van der Waals surface area (Å²) in [6, 6.07) is 1.68. The van der Waals surface area contributed by atoms with Crippen LogP contribution in [-0.4, -0.2) is 35.1 Å². The van der Waals surface area contributed by atoms with Gasteiger partial charge in [-0.1, -0.05) is 39.0 Å². The van der Waals surface area contributed by atoms with Crippen LogP contribution in [0, 0.1) is 35.0 Å². The zero-order valence-corrected chi connectivity index (χ0v) is 24.8. The van der Waals surface area contributed by atoms with E-state index in [0.717, 1.165) is 43.4 Å². The van der Waals surface area contributed by atoms with Crippen LogP contribution in [0.15, 0.2) is 6.07 Å². The van der Waals surface area contributed by atoms with Gasteiger partial charge in [0.25, 0.3) is 0 Å². The average Bonchev–Trinajstić information content (AvgIpc) is 3.28. The number of hydrogen-bond donors (Lipinski definition) is 1. The number of carboxylic acid groups (broad SMARTS) is 1. The van der Waals surface area contributed by atoms with Crippen molar-refractivity contribution in [1.82, 2.24) is 0 Å². The summed E-state index contributed by atoms with van der Waals surface area (Å²) < 4.78 is 5.76. The van der Waals surface area contributed by atoms with E-state index in [1.807, 2.05) is 20.8 Å². The van der Waals surface area contributed by atoms with Gasteiger partial charge in [0.2, 0.25) is 5.91 Å². The number of anilines is 1. The lowest BCUT2D eigenvalue weighted by Crippen LogP contribution is -2.47. The molecule has 0 bridgehead atoms. The lowest BCUT2D eigenvalue weighted by atomic mass is 9.81. The maximum absolute atomic E-state index is 14.0. The number of carbonyl (C=O) groups excluding carboxylic acids is 2. The van der Waals surface area contributed by atoms with Crippen molar-refractivity contribution in [3.05, 3.63) is 15.8 Å². The number of amides is 1. The minimum atomic E-state index is -1.03. The van der Waals surface area contributed by atoms with Gasteiger partial charge < -0.3 is 14.7 Å². The molecule has 0 unspecified atom stereocenters. The SMILES string of the molecule is CC[C@H](C)CC(=O)OC1CCC(N(C(=O)C2CCC(C)CC2)c2cc(C#CC(C)(C)C)sc2C(=O)O)CC1. The second-order valence-corrected chi connectivity index (χ2v) is 13.5. The van der Waals surface area contributed by atoms with Gasteiger partial charge in [-0.2, -0.15) is 0 Å². The summed E-state index contributed by atoms with van der Waals surface area (Å²) in [5.41, 5.74) is 0.258. The normalized spacial score (nSPS) is 24.6. The van der Waals surface area contributed by atoms with Gasteiger partial charge in [-0.3, -0.25) is 9.59 Å². The van der Waals surface area contributed by atoms with Crippen molar-refractivity contribution in [3.63, 3.8) is 0 Å². The first-order valence-electron chi connectivity index (χ1n) is 14.3. The van der Waals surface area contributed by atoms with E-state index < -0.39 is 5.97 Å². The van der Waals surface area contributed by atoms with Crippen LogP contribution in [0.5, 0.6) is 0 Å². The summed E-state index contributed by atoms with van der Waals surface area (Å²) in [6.07, 6.45) is 7.61. The predicted octanol–water partition coefficient (Wildman–Crippen LogP) is 7.29. The van der Waals surface area contributed by atoms with Crippen molar-refractivity contribution in [1.29, 1.82) is 0 Å². The fourth-order valence-electron chi connectivity index (χ4n) is 5.31. The molecule has 0 spiro atoms. The van der Waals surface area contributed by atoms with Gasteiger partial charge in [0, 0.05) is 23.8 Å². The zero-order valence-electron chi connectivity index (χ0n) is 24.0. The highest BCUT2D eigenvalue weighted by Crippen LogP contribution is 2.39. The van der Waals surface area contributed by atoms with Crippen molar-refractivity contribution in [3.8, 4) is 11.8 Å². The van der Waals surface area contributed by atoms with Gasteiger partial charge in [0.05, 0.1) is 10.6 Å². The van der Waals surface area contributed by atoms with E-state index in [0.29, 0.717) is 54.5 Å². The molecule has 0 radical (unpaired) electrons. The number of esters is 1. The van der Waals surface area contributed by atoms with Crippen LogP contribution >= 0.6 is 11.3 Å². The number of ether oxygens (including phenoxy) is 1. The first kappa shape index (κ1) is 30.2. The lowest BCUT2D eigenvalue weighted by molar-refractivity contribution is -0.151. The van der Waals surface area contributed by atoms with E-state index in [1.165, 1.54) is 0 Å². The van der Waals surface area contributed by atoms with Crippen molar-refractivity contribution in [2.24, 2.45) is 23.2 Å². The molecule has 0 aliphatic heterocycles. The summed E-state index contributed by atoms with van der Waals surface area (Å²) in [5.74, 6) is 6.00. The van der Waals surface area contributed by atoms with Crippen LogP contribution in [0.2, 0.25) is 0 Å². The lowest BCUT2D eigenvalue weighted by Gasteiger charge is -2.39. The van der Waals surface area contributed by atoms with Crippen LogP contribution < -0.4 is 4.90 Å². The molecule has 0 saturated heterocycles. The molecule has 1 aromatic rings. The molecule has 3 rings (SSSR count). The average molecular weight is 544 g/mol. The largest absolute Gasteiger partial charge is 0.477 e. The topological polar surface area (TPSA) is 83.9 Å². The summed E-state index contributed by atoms with van der Waals surface area (Å²) in [7, 11) is 0. The quantitative estimate of drug-likeness (QED) is 0.275. The molecular formula is C31H45NO5S. The van der Waals surface area contributed by atoms with Gasteiger partial charge in [0.15, 0.2) is 0 Å². The molecule has 2 fully saturated rings. The van der Waals surface area contributed by atoms with E-state index >= 15 is 0 Å². The molecule has 0 aromatic carbocycles. The molecule has 38 heavy (non-hydrogen) atoms. The Hall–Kier alpha value is -2.33. The Morgan fingerprint density at radius 2 is 1.74 bits per heavy atom.